The number of nitrogens with one attached hydrogen (secondary N) is 1. The van der Waals surface area contributed by atoms with E-state index < -0.39 is 0 Å². The normalized spacial score (nSPS) is 27.3. The Morgan fingerprint density at radius 3 is 2.81 bits per heavy atom. The molecule has 0 aromatic carbocycles. The first-order chi connectivity index (χ1) is 10.1. The lowest BCUT2D eigenvalue weighted by atomic mass is 9.64. The van der Waals surface area contributed by atoms with Crippen LogP contribution in [0.1, 0.15) is 50.9 Å². The molecule has 3 heterocycles. The smallest absolute Gasteiger partial charge is 0.0952 e. The average Bonchev–Trinajstić information content (AvgIpc) is 2.83. The minimum Gasteiger partial charge on any atom is -0.381 e. The van der Waals surface area contributed by atoms with Crippen molar-refractivity contribution in [2.24, 2.45) is 11.3 Å². The Bertz CT molecular complexity index is 520. The van der Waals surface area contributed by atoms with Crippen molar-refractivity contribution in [1.82, 2.24) is 14.9 Å². The van der Waals surface area contributed by atoms with E-state index in [0.717, 1.165) is 44.9 Å². The van der Waals surface area contributed by atoms with Crippen LogP contribution in [0.3, 0.4) is 0 Å². The topological polar surface area (TPSA) is 39.1 Å². The molecule has 1 aliphatic carbocycles. The first-order valence-electron chi connectivity index (χ1n) is 8.45. The summed E-state index contributed by atoms with van der Waals surface area (Å²) in [6, 6.07) is 0. The molecule has 1 saturated carbocycles. The standard InChI is InChI=1S/C17H27N3O/c1-16(2)9-13(10-16)11-20-12-18-15-14(20)3-6-19-17(15)4-7-21-8-5-17/h12-13,19H,3-11H2,1-2H3. The van der Waals surface area contributed by atoms with Gasteiger partial charge in [0.1, 0.15) is 0 Å². The van der Waals surface area contributed by atoms with Crippen molar-refractivity contribution in [1.29, 1.82) is 0 Å². The number of aromatic nitrogens is 2. The molecule has 1 aromatic rings. The van der Waals surface area contributed by atoms with Crippen LogP contribution >= 0.6 is 0 Å². The van der Waals surface area contributed by atoms with Gasteiger partial charge in [-0.15, -0.1) is 0 Å². The fraction of sp³-hybridized carbons (Fsp3) is 0.824. The van der Waals surface area contributed by atoms with E-state index in [9.17, 15) is 0 Å². The monoisotopic (exact) mass is 289 g/mol. The fourth-order valence-corrected chi connectivity index (χ4v) is 4.77. The highest BCUT2D eigenvalue weighted by molar-refractivity contribution is 5.27. The lowest BCUT2D eigenvalue weighted by molar-refractivity contribution is 0.0319. The van der Waals surface area contributed by atoms with Gasteiger partial charge in [-0.2, -0.15) is 0 Å². The van der Waals surface area contributed by atoms with E-state index in [1.54, 1.807) is 0 Å². The van der Waals surface area contributed by atoms with Crippen molar-refractivity contribution in [3.05, 3.63) is 17.7 Å². The van der Waals surface area contributed by atoms with Crippen molar-refractivity contribution in [3.8, 4) is 0 Å². The van der Waals surface area contributed by atoms with Gasteiger partial charge in [-0.05, 0) is 37.0 Å². The molecule has 4 heteroatoms. The zero-order chi connectivity index (χ0) is 14.5. The van der Waals surface area contributed by atoms with E-state index in [1.807, 2.05) is 0 Å². The van der Waals surface area contributed by atoms with Gasteiger partial charge in [0.25, 0.3) is 0 Å². The van der Waals surface area contributed by atoms with Crippen molar-refractivity contribution in [3.63, 3.8) is 0 Å². The molecular weight excluding hydrogens is 262 g/mol. The molecular formula is C17H27N3O. The van der Waals surface area contributed by atoms with Gasteiger partial charge in [0, 0.05) is 38.4 Å². The van der Waals surface area contributed by atoms with Crippen molar-refractivity contribution in [2.45, 2.75) is 58.0 Å². The Balaban J connectivity index is 1.56. The van der Waals surface area contributed by atoms with Crippen LogP contribution in [0.25, 0.3) is 0 Å². The van der Waals surface area contributed by atoms with Crippen LogP contribution in [0.5, 0.6) is 0 Å². The molecule has 0 radical (unpaired) electrons. The van der Waals surface area contributed by atoms with E-state index in [-0.39, 0.29) is 5.54 Å². The summed E-state index contributed by atoms with van der Waals surface area (Å²) in [6.45, 7) is 8.72. The molecule has 21 heavy (non-hydrogen) atoms. The number of fused-ring (bicyclic) bond motifs is 2. The number of ether oxygens (including phenoxy) is 1. The predicted octanol–water partition coefficient (Wildman–Crippen LogP) is 2.47. The maximum Gasteiger partial charge on any atom is 0.0952 e. The third-order valence-corrected chi connectivity index (χ3v) is 5.71. The Labute approximate surface area is 127 Å². The van der Waals surface area contributed by atoms with Crippen LogP contribution < -0.4 is 5.32 Å². The molecule has 0 atom stereocenters. The summed E-state index contributed by atoms with van der Waals surface area (Å²) < 4.78 is 8.01. The molecule has 1 N–H and O–H groups in total. The highest BCUT2D eigenvalue weighted by Gasteiger charge is 2.42. The molecule has 3 aliphatic rings. The van der Waals surface area contributed by atoms with Gasteiger partial charge in [0.2, 0.25) is 0 Å². The van der Waals surface area contributed by atoms with Gasteiger partial charge in [0.15, 0.2) is 0 Å². The molecule has 2 fully saturated rings. The van der Waals surface area contributed by atoms with Crippen LogP contribution in [-0.2, 0) is 23.2 Å². The van der Waals surface area contributed by atoms with E-state index >= 15 is 0 Å². The highest BCUT2D eigenvalue weighted by Crippen LogP contribution is 2.46. The second-order valence-electron chi connectivity index (χ2n) is 8.00. The number of hydrogen-bond donors (Lipinski definition) is 1. The summed E-state index contributed by atoms with van der Waals surface area (Å²) in [7, 11) is 0. The summed E-state index contributed by atoms with van der Waals surface area (Å²) in [6.07, 6.45) is 8.06. The first-order valence-corrected chi connectivity index (χ1v) is 8.45. The molecule has 0 bridgehead atoms. The summed E-state index contributed by atoms with van der Waals surface area (Å²) in [5.41, 5.74) is 3.46. The first kappa shape index (κ1) is 13.8. The molecule has 2 aliphatic heterocycles. The Morgan fingerprint density at radius 2 is 2.10 bits per heavy atom. The van der Waals surface area contributed by atoms with Gasteiger partial charge in [-0.3, -0.25) is 0 Å². The highest BCUT2D eigenvalue weighted by atomic mass is 16.5. The van der Waals surface area contributed by atoms with E-state index in [1.165, 1.54) is 30.8 Å². The number of imidazole rings is 1. The van der Waals surface area contributed by atoms with Gasteiger partial charge in [-0.25, -0.2) is 4.98 Å². The minimum absolute atomic E-state index is 0.0932. The van der Waals surface area contributed by atoms with Gasteiger partial charge in [0.05, 0.1) is 17.6 Å². The summed E-state index contributed by atoms with van der Waals surface area (Å²) in [4.78, 5) is 4.83. The van der Waals surface area contributed by atoms with Crippen molar-refractivity contribution in [2.75, 3.05) is 19.8 Å². The largest absolute Gasteiger partial charge is 0.381 e. The zero-order valence-electron chi connectivity index (χ0n) is 13.3. The maximum absolute atomic E-state index is 5.56. The van der Waals surface area contributed by atoms with E-state index in [2.05, 4.69) is 30.1 Å². The molecule has 4 rings (SSSR count). The third-order valence-electron chi connectivity index (χ3n) is 5.71. The van der Waals surface area contributed by atoms with Crippen LogP contribution in [0.4, 0.5) is 0 Å². The molecule has 116 valence electrons. The maximum atomic E-state index is 5.56. The van der Waals surface area contributed by atoms with Crippen LogP contribution in [0, 0.1) is 11.3 Å². The van der Waals surface area contributed by atoms with Gasteiger partial charge >= 0.3 is 0 Å². The van der Waals surface area contributed by atoms with Crippen molar-refractivity contribution < 1.29 is 4.74 Å². The zero-order valence-corrected chi connectivity index (χ0v) is 13.3. The van der Waals surface area contributed by atoms with E-state index in [0.29, 0.717) is 5.41 Å². The van der Waals surface area contributed by atoms with Crippen LogP contribution in [0.15, 0.2) is 6.33 Å². The second kappa shape index (κ2) is 4.82. The summed E-state index contributed by atoms with van der Waals surface area (Å²) >= 11 is 0. The Hall–Kier alpha value is -0.870. The Kier molecular flexibility index (Phi) is 3.16. The number of hydrogen-bond acceptors (Lipinski definition) is 3. The predicted molar refractivity (Wildman–Crippen MR) is 82.2 cm³/mol. The molecule has 1 saturated heterocycles. The molecule has 1 spiro atoms. The molecule has 0 unspecified atom stereocenters. The number of nitrogens with zero attached hydrogens (tertiary/aromatic N) is 2. The third kappa shape index (κ3) is 2.33. The van der Waals surface area contributed by atoms with E-state index in [4.69, 9.17) is 9.72 Å². The second-order valence-corrected chi connectivity index (χ2v) is 8.00. The van der Waals surface area contributed by atoms with Crippen LogP contribution in [0.2, 0.25) is 0 Å². The molecule has 1 aromatic heterocycles. The minimum atomic E-state index is 0.0932. The lowest BCUT2D eigenvalue weighted by Gasteiger charge is -2.43. The fourth-order valence-electron chi connectivity index (χ4n) is 4.77. The van der Waals surface area contributed by atoms with Crippen molar-refractivity contribution >= 4 is 0 Å². The summed E-state index contributed by atoms with van der Waals surface area (Å²) in [5.74, 6) is 0.846. The molecule has 4 nitrogen and oxygen atoms in total. The SMILES string of the molecule is CC1(C)CC(Cn2cnc3c2CCNC32CCOCC2)C1. The lowest BCUT2D eigenvalue weighted by Crippen LogP contribution is -2.51. The van der Waals surface area contributed by atoms with Gasteiger partial charge in [-0.1, -0.05) is 13.8 Å². The average molecular weight is 289 g/mol. The van der Waals surface area contributed by atoms with Crippen LogP contribution in [-0.4, -0.2) is 29.3 Å². The summed E-state index contributed by atoms with van der Waals surface area (Å²) in [5, 5.41) is 3.74. The number of rotatable bonds is 2. The molecule has 0 amide bonds. The Morgan fingerprint density at radius 1 is 1.33 bits per heavy atom. The van der Waals surface area contributed by atoms with Gasteiger partial charge < -0.3 is 14.6 Å². The quantitative estimate of drug-likeness (QED) is 0.909.